The van der Waals surface area contributed by atoms with Crippen molar-refractivity contribution in [3.05, 3.63) is 29.8 Å². The number of anilines is 1. The lowest BCUT2D eigenvalue weighted by Gasteiger charge is -2.39. The zero-order valence-electron chi connectivity index (χ0n) is 18.1. The second kappa shape index (κ2) is 10.2. The molecule has 10 heteroatoms. The molecule has 1 atom stereocenters. The summed E-state index contributed by atoms with van der Waals surface area (Å²) in [5.74, 6) is 0.658. The summed E-state index contributed by atoms with van der Waals surface area (Å²) >= 11 is 0. The third-order valence-electron chi connectivity index (χ3n) is 5.87. The van der Waals surface area contributed by atoms with Crippen LogP contribution in [0, 0.1) is 0 Å². The van der Waals surface area contributed by atoms with Gasteiger partial charge in [0, 0.05) is 58.5 Å². The molecule has 0 aliphatic carbocycles. The van der Waals surface area contributed by atoms with Crippen molar-refractivity contribution >= 4 is 17.7 Å². The molecule has 0 saturated carbocycles. The fraction of sp³-hybridized carbons (Fsp3) is 0.619. The molecule has 2 fully saturated rings. The monoisotopic (exact) mass is 440 g/mol. The summed E-state index contributed by atoms with van der Waals surface area (Å²) < 4.78 is 38.8. The Kier molecular flexibility index (Phi) is 7.64. The number of rotatable bonds is 4. The topological polar surface area (TPSA) is 63.2 Å². The number of aliphatic imine (C=N–C) groups is 1. The summed E-state index contributed by atoms with van der Waals surface area (Å²) in [6.07, 6.45) is -2.13. The number of guanidine groups is 1. The molecular weight excluding hydrogens is 409 g/mol. The van der Waals surface area contributed by atoms with Crippen molar-refractivity contribution < 1.29 is 18.0 Å². The molecule has 1 aromatic carbocycles. The summed E-state index contributed by atoms with van der Waals surface area (Å²) in [5, 5.41) is 6.22. The van der Waals surface area contributed by atoms with E-state index in [1.165, 1.54) is 11.8 Å². The van der Waals surface area contributed by atoms with Gasteiger partial charge in [-0.15, -0.1) is 0 Å². The van der Waals surface area contributed by atoms with E-state index >= 15 is 0 Å². The first kappa shape index (κ1) is 23.2. The van der Waals surface area contributed by atoms with Crippen LogP contribution in [0.3, 0.4) is 0 Å². The van der Waals surface area contributed by atoms with Gasteiger partial charge in [0.1, 0.15) is 6.04 Å². The Morgan fingerprint density at radius 1 is 1.10 bits per heavy atom. The number of piperazine rings is 1. The van der Waals surface area contributed by atoms with E-state index in [9.17, 15) is 18.0 Å². The average Bonchev–Trinajstić information content (AvgIpc) is 3.29. The largest absolute Gasteiger partial charge is 0.403 e. The van der Waals surface area contributed by atoms with Gasteiger partial charge < -0.3 is 20.4 Å². The number of nitrogens with zero attached hydrogens (tertiary/aromatic N) is 4. The summed E-state index contributed by atoms with van der Waals surface area (Å²) in [4.78, 5) is 21.8. The lowest BCUT2D eigenvalue weighted by atomic mass is 10.2. The second-order valence-electron chi connectivity index (χ2n) is 7.97. The van der Waals surface area contributed by atoms with Gasteiger partial charge >= 0.3 is 12.2 Å². The highest BCUT2D eigenvalue weighted by Crippen LogP contribution is 2.25. The van der Waals surface area contributed by atoms with Gasteiger partial charge in [-0.1, -0.05) is 12.1 Å². The number of hydrogen-bond acceptors (Lipinski definition) is 3. The molecule has 2 N–H and O–H groups in total. The standard InChI is InChI=1S/C21H31F3N6O/c1-16(21(22,23)24)28-10-12-29(13-11-28)19(25-2)26-15-17-6-5-7-18(14-17)27-20(31)30-8-3-4-9-30/h5-7,14,16H,3-4,8-13,15H2,1-2H3,(H,25,26)(H,27,31). The number of likely N-dealkylation sites (tertiary alicyclic amines) is 1. The molecule has 31 heavy (non-hydrogen) atoms. The van der Waals surface area contributed by atoms with Crippen LogP contribution < -0.4 is 10.6 Å². The van der Waals surface area contributed by atoms with Gasteiger partial charge in [-0.2, -0.15) is 13.2 Å². The van der Waals surface area contributed by atoms with Crippen LogP contribution in [0.25, 0.3) is 0 Å². The smallest absolute Gasteiger partial charge is 0.352 e. The fourth-order valence-corrected chi connectivity index (χ4v) is 3.92. The molecule has 0 bridgehead atoms. The number of carbonyl (C=O) groups excluding carboxylic acids is 1. The predicted octanol–water partition coefficient (Wildman–Crippen LogP) is 2.96. The Bertz CT molecular complexity index is 771. The van der Waals surface area contributed by atoms with Crippen molar-refractivity contribution in [2.45, 2.75) is 38.5 Å². The van der Waals surface area contributed by atoms with E-state index in [1.54, 1.807) is 7.05 Å². The molecule has 2 aliphatic rings. The van der Waals surface area contributed by atoms with Crippen LogP contribution >= 0.6 is 0 Å². The van der Waals surface area contributed by atoms with Crippen molar-refractivity contribution in [3.63, 3.8) is 0 Å². The molecule has 1 aromatic rings. The molecule has 7 nitrogen and oxygen atoms in total. The van der Waals surface area contributed by atoms with Gasteiger partial charge in [-0.25, -0.2) is 4.79 Å². The number of carbonyl (C=O) groups is 1. The quantitative estimate of drug-likeness (QED) is 0.558. The Balaban J connectivity index is 1.50. The van der Waals surface area contributed by atoms with Gasteiger partial charge in [0.2, 0.25) is 0 Å². The maximum Gasteiger partial charge on any atom is 0.403 e. The van der Waals surface area contributed by atoms with Gasteiger partial charge in [0.25, 0.3) is 0 Å². The van der Waals surface area contributed by atoms with Crippen molar-refractivity contribution in [3.8, 4) is 0 Å². The van der Waals surface area contributed by atoms with Crippen LogP contribution in [-0.4, -0.2) is 85.2 Å². The molecule has 0 radical (unpaired) electrons. The van der Waals surface area contributed by atoms with Crippen molar-refractivity contribution in [2.75, 3.05) is 51.6 Å². The van der Waals surface area contributed by atoms with Gasteiger partial charge in [-0.3, -0.25) is 9.89 Å². The Morgan fingerprint density at radius 3 is 2.39 bits per heavy atom. The lowest BCUT2D eigenvalue weighted by Crippen LogP contribution is -2.56. The summed E-state index contributed by atoms with van der Waals surface area (Å²) in [6.45, 7) is 4.91. The van der Waals surface area contributed by atoms with Crippen LogP contribution in [0.5, 0.6) is 0 Å². The first-order valence-corrected chi connectivity index (χ1v) is 10.7. The summed E-state index contributed by atoms with van der Waals surface area (Å²) in [6, 6.07) is 6.09. The highest BCUT2D eigenvalue weighted by molar-refractivity contribution is 5.89. The molecule has 2 aliphatic heterocycles. The lowest BCUT2D eigenvalue weighted by molar-refractivity contribution is -0.181. The third kappa shape index (κ3) is 6.25. The Morgan fingerprint density at radius 2 is 1.77 bits per heavy atom. The van der Waals surface area contributed by atoms with Gasteiger partial charge in [0.15, 0.2) is 5.96 Å². The maximum absolute atomic E-state index is 12.9. The number of alkyl halides is 3. The summed E-state index contributed by atoms with van der Waals surface area (Å²) in [7, 11) is 1.67. The Hall–Kier alpha value is -2.49. The first-order valence-electron chi connectivity index (χ1n) is 10.7. The zero-order chi connectivity index (χ0) is 22.4. The van der Waals surface area contributed by atoms with E-state index in [4.69, 9.17) is 0 Å². The highest BCUT2D eigenvalue weighted by atomic mass is 19.4. The molecule has 2 amide bonds. The van der Waals surface area contributed by atoms with Gasteiger partial charge in [0.05, 0.1) is 0 Å². The number of hydrogen-bond donors (Lipinski definition) is 2. The van der Waals surface area contributed by atoms with Crippen LogP contribution in [-0.2, 0) is 6.54 Å². The van der Waals surface area contributed by atoms with Gasteiger partial charge in [-0.05, 0) is 37.5 Å². The zero-order valence-corrected chi connectivity index (χ0v) is 18.1. The second-order valence-corrected chi connectivity index (χ2v) is 7.97. The van der Waals surface area contributed by atoms with Crippen molar-refractivity contribution in [1.29, 1.82) is 0 Å². The van der Waals surface area contributed by atoms with E-state index in [0.29, 0.717) is 38.7 Å². The molecular formula is C21H31F3N6O. The molecule has 1 unspecified atom stereocenters. The number of nitrogens with one attached hydrogen (secondary N) is 2. The van der Waals surface area contributed by atoms with Crippen LogP contribution in [0.2, 0.25) is 0 Å². The number of urea groups is 1. The molecule has 172 valence electrons. The van der Waals surface area contributed by atoms with E-state index in [2.05, 4.69) is 15.6 Å². The van der Waals surface area contributed by atoms with E-state index in [-0.39, 0.29) is 6.03 Å². The molecule has 2 heterocycles. The molecule has 0 aromatic heterocycles. The summed E-state index contributed by atoms with van der Waals surface area (Å²) in [5.41, 5.74) is 1.71. The number of halogens is 3. The minimum atomic E-state index is -4.21. The molecule has 0 spiro atoms. The maximum atomic E-state index is 12.9. The molecule has 3 rings (SSSR count). The van der Waals surface area contributed by atoms with Crippen molar-refractivity contribution in [1.82, 2.24) is 20.0 Å². The SMILES string of the molecule is CN=C(NCc1cccc(NC(=O)N2CCCC2)c1)N1CCN(C(C)C(F)(F)F)CC1. The van der Waals surface area contributed by atoms with Crippen LogP contribution in [0.15, 0.2) is 29.3 Å². The van der Waals surface area contributed by atoms with E-state index in [1.807, 2.05) is 34.1 Å². The predicted molar refractivity (Wildman–Crippen MR) is 115 cm³/mol. The Labute approximate surface area is 181 Å². The van der Waals surface area contributed by atoms with Crippen molar-refractivity contribution in [2.24, 2.45) is 4.99 Å². The minimum absolute atomic E-state index is 0.0793. The van der Waals surface area contributed by atoms with E-state index in [0.717, 1.165) is 37.2 Å². The molecule has 2 saturated heterocycles. The third-order valence-corrected chi connectivity index (χ3v) is 5.87. The highest BCUT2D eigenvalue weighted by Gasteiger charge is 2.41. The van der Waals surface area contributed by atoms with Crippen LogP contribution in [0.1, 0.15) is 25.3 Å². The van der Waals surface area contributed by atoms with Crippen LogP contribution in [0.4, 0.5) is 23.7 Å². The number of amides is 2. The minimum Gasteiger partial charge on any atom is -0.352 e. The van der Waals surface area contributed by atoms with E-state index < -0.39 is 12.2 Å². The first-order chi connectivity index (χ1) is 14.8. The fourth-order valence-electron chi connectivity index (χ4n) is 3.92. The normalized spacial score (nSPS) is 19.5. The number of benzene rings is 1. The average molecular weight is 441 g/mol.